The number of thiol groups is 1. The molecule has 0 saturated carbocycles. The molecule has 1 unspecified atom stereocenters. The van der Waals surface area contributed by atoms with Crippen molar-refractivity contribution in [1.82, 2.24) is 9.80 Å². The lowest BCUT2D eigenvalue weighted by atomic mass is 10.2. The second-order valence-corrected chi connectivity index (χ2v) is 4.30. The van der Waals surface area contributed by atoms with Crippen molar-refractivity contribution in [3.05, 3.63) is 0 Å². The maximum Gasteiger partial charge on any atom is 0.0195 e. The van der Waals surface area contributed by atoms with Crippen LogP contribution < -0.4 is 0 Å². The highest BCUT2D eigenvalue weighted by atomic mass is 32.1. The molecule has 0 radical (unpaired) electrons. The number of piperazine rings is 1. The van der Waals surface area contributed by atoms with Crippen molar-refractivity contribution in [2.45, 2.75) is 26.3 Å². The lowest BCUT2D eigenvalue weighted by molar-refractivity contribution is 0.0885. The minimum Gasteiger partial charge on any atom is -0.300 e. The summed E-state index contributed by atoms with van der Waals surface area (Å²) in [6, 6.07) is 0.735. The zero-order valence-electron chi connectivity index (χ0n) is 8.87. The lowest BCUT2D eigenvalue weighted by Crippen LogP contribution is -2.51. The van der Waals surface area contributed by atoms with Crippen LogP contribution in [0.2, 0.25) is 0 Å². The zero-order valence-corrected chi connectivity index (χ0v) is 9.76. The van der Waals surface area contributed by atoms with E-state index in [0.717, 1.165) is 11.8 Å². The van der Waals surface area contributed by atoms with Gasteiger partial charge in [0.1, 0.15) is 0 Å². The van der Waals surface area contributed by atoms with Crippen LogP contribution in [0, 0.1) is 0 Å². The highest BCUT2D eigenvalue weighted by Crippen LogP contribution is 2.08. The van der Waals surface area contributed by atoms with E-state index >= 15 is 0 Å². The summed E-state index contributed by atoms with van der Waals surface area (Å²) in [6.45, 7) is 10.7. The van der Waals surface area contributed by atoms with Crippen LogP contribution in [0.1, 0.15) is 20.3 Å². The molecule has 0 N–H and O–H groups in total. The molecule has 0 aliphatic carbocycles. The standard InChI is InChI=1S/C10H22N2S/c1-3-12-7-6-11(5-4-8-13)9-10(12)2/h10,13H,3-9H2,1-2H3. The topological polar surface area (TPSA) is 6.48 Å². The third-order valence-electron chi connectivity index (χ3n) is 2.89. The van der Waals surface area contributed by atoms with Gasteiger partial charge >= 0.3 is 0 Å². The van der Waals surface area contributed by atoms with Gasteiger partial charge in [0.2, 0.25) is 0 Å². The average Bonchev–Trinajstić information content (AvgIpc) is 2.15. The fourth-order valence-corrected chi connectivity index (χ4v) is 2.18. The lowest BCUT2D eigenvalue weighted by Gasteiger charge is -2.39. The van der Waals surface area contributed by atoms with E-state index in [4.69, 9.17) is 0 Å². The van der Waals surface area contributed by atoms with Crippen LogP contribution in [0.25, 0.3) is 0 Å². The van der Waals surface area contributed by atoms with Crippen LogP contribution in [0.5, 0.6) is 0 Å². The molecule has 1 aliphatic heterocycles. The van der Waals surface area contributed by atoms with Crippen LogP contribution in [-0.4, -0.2) is 54.3 Å². The van der Waals surface area contributed by atoms with E-state index in [9.17, 15) is 0 Å². The first kappa shape index (κ1) is 11.3. The van der Waals surface area contributed by atoms with E-state index < -0.39 is 0 Å². The average molecular weight is 202 g/mol. The Labute approximate surface area is 87.7 Å². The molecule has 0 amide bonds. The maximum atomic E-state index is 4.24. The number of hydrogen-bond acceptors (Lipinski definition) is 3. The van der Waals surface area contributed by atoms with E-state index in [1.807, 2.05) is 0 Å². The second-order valence-electron chi connectivity index (χ2n) is 3.86. The molecule has 3 heteroatoms. The van der Waals surface area contributed by atoms with Gasteiger partial charge in [0.25, 0.3) is 0 Å². The molecule has 2 nitrogen and oxygen atoms in total. The number of rotatable bonds is 4. The zero-order chi connectivity index (χ0) is 9.68. The Kier molecular flexibility index (Phi) is 5.14. The number of nitrogens with zero attached hydrogens (tertiary/aromatic N) is 2. The van der Waals surface area contributed by atoms with Gasteiger partial charge < -0.3 is 4.90 Å². The summed E-state index contributed by atoms with van der Waals surface area (Å²) < 4.78 is 0. The summed E-state index contributed by atoms with van der Waals surface area (Å²) in [6.07, 6.45) is 1.22. The molecular weight excluding hydrogens is 180 g/mol. The van der Waals surface area contributed by atoms with Gasteiger partial charge in [-0.15, -0.1) is 0 Å². The fraction of sp³-hybridized carbons (Fsp3) is 1.00. The molecule has 1 rings (SSSR count). The summed E-state index contributed by atoms with van der Waals surface area (Å²) in [5, 5.41) is 0. The van der Waals surface area contributed by atoms with Gasteiger partial charge in [-0.2, -0.15) is 12.6 Å². The molecular formula is C10H22N2S. The Balaban J connectivity index is 2.24. The second kappa shape index (κ2) is 5.89. The molecule has 1 heterocycles. The SMILES string of the molecule is CCN1CCN(CCCS)CC1C. The first-order valence-electron chi connectivity index (χ1n) is 5.35. The van der Waals surface area contributed by atoms with Crippen molar-refractivity contribution in [2.75, 3.05) is 38.5 Å². The van der Waals surface area contributed by atoms with Gasteiger partial charge in [0, 0.05) is 25.7 Å². The van der Waals surface area contributed by atoms with Crippen molar-refractivity contribution in [3.63, 3.8) is 0 Å². The minimum atomic E-state index is 0.735. The summed E-state index contributed by atoms with van der Waals surface area (Å²) in [5.74, 6) is 1.02. The number of hydrogen-bond donors (Lipinski definition) is 1. The fourth-order valence-electron chi connectivity index (χ4n) is 2.04. The Morgan fingerprint density at radius 1 is 1.38 bits per heavy atom. The normalized spacial score (nSPS) is 26.5. The molecule has 0 bridgehead atoms. The largest absolute Gasteiger partial charge is 0.300 e. The van der Waals surface area contributed by atoms with Crippen molar-refractivity contribution in [3.8, 4) is 0 Å². The van der Waals surface area contributed by atoms with E-state index in [-0.39, 0.29) is 0 Å². The third kappa shape index (κ3) is 3.49. The van der Waals surface area contributed by atoms with E-state index in [2.05, 4.69) is 36.3 Å². The van der Waals surface area contributed by atoms with Gasteiger partial charge in [0.15, 0.2) is 0 Å². The van der Waals surface area contributed by atoms with E-state index in [1.54, 1.807) is 0 Å². The van der Waals surface area contributed by atoms with Gasteiger partial charge in [0.05, 0.1) is 0 Å². The molecule has 0 aromatic heterocycles. The van der Waals surface area contributed by atoms with Crippen LogP contribution in [0.3, 0.4) is 0 Å². The van der Waals surface area contributed by atoms with Crippen LogP contribution >= 0.6 is 12.6 Å². The first-order valence-corrected chi connectivity index (χ1v) is 5.98. The molecule has 0 aromatic rings. The predicted octanol–water partition coefficient (Wildman–Crippen LogP) is 1.33. The molecule has 0 aromatic carbocycles. The van der Waals surface area contributed by atoms with Crippen molar-refractivity contribution >= 4 is 12.6 Å². The van der Waals surface area contributed by atoms with Gasteiger partial charge in [-0.3, -0.25) is 4.90 Å². The van der Waals surface area contributed by atoms with Crippen molar-refractivity contribution < 1.29 is 0 Å². The number of likely N-dealkylation sites (N-methyl/N-ethyl adjacent to an activating group) is 1. The van der Waals surface area contributed by atoms with Gasteiger partial charge in [-0.05, 0) is 32.2 Å². The molecule has 1 saturated heterocycles. The summed E-state index contributed by atoms with van der Waals surface area (Å²) in [5.41, 5.74) is 0. The highest BCUT2D eigenvalue weighted by Gasteiger charge is 2.21. The molecule has 78 valence electrons. The van der Waals surface area contributed by atoms with Crippen LogP contribution in [0.15, 0.2) is 0 Å². The Bertz CT molecular complexity index is 141. The van der Waals surface area contributed by atoms with E-state index in [1.165, 1.54) is 39.1 Å². The monoisotopic (exact) mass is 202 g/mol. The van der Waals surface area contributed by atoms with Crippen molar-refractivity contribution in [2.24, 2.45) is 0 Å². The van der Waals surface area contributed by atoms with Crippen LogP contribution in [-0.2, 0) is 0 Å². The predicted molar refractivity (Wildman–Crippen MR) is 61.6 cm³/mol. The Hall–Kier alpha value is 0.270. The summed E-state index contributed by atoms with van der Waals surface area (Å²) >= 11 is 4.24. The van der Waals surface area contributed by atoms with E-state index in [0.29, 0.717) is 0 Å². The Morgan fingerprint density at radius 2 is 2.15 bits per heavy atom. The van der Waals surface area contributed by atoms with Crippen LogP contribution in [0.4, 0.5) is 0 Å². The first-order chi connectivity index (χ1) is 6.27. The molecule has 1 atom stereocenters. The minimum absolute atomic E-state index is 0.735. The van der Waals surface area contributed by atoms with Gasteiger partial charge in [-0.1, -0.05) is 6.92 Å². The smallest absolute Gasteiger partial charge is 0.0195 e. The van der Waals surface area contributed by atoms with Gasteiger partial charge in [-0.25, -0.2) is 0 Å². The quantitative estimate of drug-likeness (QED) is 0.687. The molecule has 1 aliphatic rings. The Morgan fingerprint density at radius 3 is 2.69 bits per heavy atom. The maximum absolute atomic E-state index is 4.24. The summed E-state index contributed by atoms with van der Waals surface area (Å²) in [7, 11) is 0. The molecule has 1 fully saturated rings. The molecule has 0 spiro atoms. The summed E-state index contributed by atoms with van der Waals surface area (Å²) in [4.78, 5) is 5.12. The highest BCUT2D eigenvalue weighted by molar-refractivity contribution is 7.80. The van der Waals surface area contributed by atoms with Crippen molar-refractivity contribution in [1.29, 1.82) is 0 Å². The molecule has 13 heavy (non-hydrogen) atoms. The third-order valence-corrected chi connectivity index (χ3v) is 3.20.